The molecule has 0 atom stereocenters. The Kier molecular flexibility index (Phi) is 5.03. The van der Waals surface area contributed by atoms with E-state index in [9.17, 15) is 9.18 Å². The Labute approximate surface area is 144 Å². The van der Waals surface area contributed by atoms with Gasteiger partial charge in [0.2, 0.25) is 0 Å². The molecule has 6 nitrogen and oxygen atoms in total. The first-order valence-corrected chi connectivity index (χ1v) is 7.94. The van der Waals surface area contributed by atoms with Gasteiger partial charge in [0, 0.05) is 13.1 Å². The van der Waals surface area contributed by atoms with Crippen molar-refractivity contribution in [2.75, 3.05) is 11.9 Å². The smallest absolute Gasteiger partial charge is 0.278 e. The molecule has 2 aromatic carbocycles. The molecule has 0 aliphatic heterocycles. The van der Waals surface area contributed by atoms with E-state index in [0.29, 0.717) is 13.1 Å². The van der Waals surface area contributed by atoms with E-state index < -0.39 is 5.82 Å². The van der Waals surface area contributed by atoms with Gasteiger partial charge in [-0.15, -0.1) is 10.2 Å². The van der Waals surface area contributed by atoms with Crippen LogP contribution in [0.1, 0.15) is 23.0 Å². The molecule has 1 aromatic heterocycles. The zero-order chi connectivity index (χ0) is 17.6. The van der Waals surface area contributed by atoms with E-state index in [1.165, 1.54) is 6.07 Å². The van der Waals surface area contributed by atoms with Crippen molar-refractivity contribution in [3.05, 3.63) is 71.7 Å². The third-order valence-electron chi connectivity index (χ3n) is 3.76. The Morgan fingerprint density at radius 3 is 2.56 bits per heavy atom. The lowest BCUT2D eigenvalue weighted by Crippen LogP contribution is -2.31. The topological polar surface area (TPSA) is 73.9 Å². The minimum atomic E-state index is -0.430. The van der Waals surface area contributed by atoms with E-state index in [1.807, 2.05) is 37.3 Å². The second-order valence-corrected chi connectivity index (χ2v) is 5.43. The molecular weight excluding hydrogens is 321 g/mol. The van der Waals surface area contributed by atoms with E-state index in [2.05, 4.69) is 20.7 Å². The van der Waals surface area contributed by atoms with E-state index in [1.54, 1.807) is 23.1 Å². The van der Waals surface area contributed by atoms with Crippen molar-refractivity contribution in [1.82, 2.24) is 20.3 Å². The number of H-pyrrole nitrogens is 1. The second kappa shape index (κ2) is 7.57. The predicted octanol–water partition coefficient (Wildman–Crippen LogP) is 3.35. The van der Waals surface area contributed by atoms with Gasteiger partial charge >= 0.3 is 0 Å². The van der Waals surface area contributed by atoms with Crippen LogP contribution < -0.4 is 5.32 Å². The van der Waals surface area contributed by atoms with Gasteiger partial charge in [-0.2, -0.15) is 5.21 Å². The Bertz CT molecular complexity index is 849. The molecule has 3 rings (SSSR count). The van der Waals surface area contributed by atoms with Crippen LogP contribution in [0.4, 0.5) is 15.9 Å². The minimum absolute atomic E-state index is 0.126. The molecule has 0 fully saturated rings. The standard InChI is InChI=1S/C18H18FN5O/c1-2-24(12-13-8-4-3-5-9-13)18(25)16-17(22-23-21-16)20-15-11-7-6-10-14(15)19/h3-11H,2,12H2,1H3,(H2,20,21,22,23). The Hall–Kier alpha value is -3.22. The number of rotatable bonds is 6. The molecular formula is C18H18FN5O. The van der Waals surface area contributed by atoms with Crippen LogP contribution in [0.2, 0.25) is 0 Å². The average molecular weight is 339 g/mol. The lowest BCUT2D eigenvalue weighted by Gasteiger charge is -2.20. The normalized spacial score (nSPS) is 10.5. The molecule has 0 spiro atoms. The van der Waals surface area contributed by atoms with E-state index in [4.69, 9.17) is 0 Å². The van der Waals surface area contributed by atoms with Gasteiger partial charge in [0.25, 0.3) is 5.91 Å². The van der Waals surface area contributed by atoms with Crippen LogP contribution in [0, 0.1) is 5.82 Å². The first-order chi connectivity index (χ1) is 12.2. The average Bonchev–Trinajstić information content (AvgIpc) is 3.10. The highest BCUT2D eigenvalue weighted by Gasteiger charge is 2.22. The van der Waals surface area contributed by atoms with Crippen molar-refractivity contribution >= 4 is 17.4 Å². The van der Waals surface area contributed by atoms with Crippen molar-refractivity contribution in [3.63, 3.8) is 0 Å². The number of nitrogens with zero attached hydrogens (tertiary/aromatic N) is 3. The summed E-state index contributed by atoms with van der Waals surface area (Å²) in [5.74, 6) is -0.513. The maximum absolute atomic E-state index is 13.8. The van der Waals surface area contributed by atoms with E-state index in [-0.39, 0.29) is 23.1 Å². The molecule has 0 saturated heterocycles. The Morgan fingerprint density at radius 1 is 1.12 bits per heavy atom. The zero-order valence-corrected chi connectivity index (χ0v) is 13.7. The van der Waals surface area contributed by atoms with Gasteiger partial charge in [-0.3, -0.25) is 4.79 Å². The first kappa shape index (κ1) is 16.6. The summed E-state index contributed by atoms with van der Waals surface area (Å²) in [6, 6.07) is 15.9. The number of hydrogen-bond acceptors (Lipinski definition) is 4. The Balaban J connectivity index is 1.80. The number of benzene rings is 2. The number of halogens is 1. The monoisotopic (exact) mass is 339 g/mol. The molecule has 0 aliphatic rings. The Morgan fingerprint density at radius 2 is 1.84 bits per heavy atom. The molecule has 1 amide bonds. The number of anilines is 2. The molecule has 1 heterocycles. The van der Waals surface area contributed by atoms with Crippen molar-refractivity contribution < 1.29 is 9.18 Å². The van der Waals surface area contributed by atoms with Gasteiger partial charge in [0.1, 0.15) is 5.82 Å². The fourth-order valence-corrected chi connectivity index (χ4v) is 2.44. The highest BCUT2D eigenvalue weighted by Crippen LogP contribution is 2.21. The maximum atomic E-state index is 13.8. The fourth-order valence-electron chi connectivity index (χ4n) is 2.44. The largest absolute Gasteiger partial charge is 0.334 e. The molecule has 0 aliphatic carbocycles. The van der Waals surface area contributed by atoms with Crippen LogP contribution in [0.3, 0.4) is 0 Å². The number of aromatic amines is 1. The molecule has 0 saturated carbocycles. The number of para-hydroxylation sites is 1. The summed E-state index contributed by atoms with van der Waals surface area (Å²) in [4.78, 5) is 14.5. The lowest BCUT2D eigenvalue weighted by atomic mass is 10.2. The summed E-state index contributed by atoms with van der Waals surface area (Å²) in [5, 5.41) is 13.1. The summed E-state index contributed by atoms with van der Waals surface area (Å²) in [6.07, 6.45) is 0. The number of aromatic nitrogens is 3. The summed E-state index contributed by atoms with van der Waals surface area (Å²) >= 11 is 0. The van der Waals surface area contributed by atoms with Gasteiger partial charge in [-0.05, 0) is 24.6 Å². The van der Waals surface area contributed by atoms with Crippen LogP contribution >= 0.6 is 0 Å². The molecule has 2 N–H and O–H groups in total. The highest BCUT2D eigenvalue weighted by atomic mass is 19.1. The van der Waals surface area contributed by atoms with Gasteiger partial charge in [0.05, 0.1) is 5.69 Å². The summed E-state index contributed by atoms with van der Waals surface area (Å²) < 4.78 is 13.8. The van der Waals surface area contributed by atoms with Gasteiger partial charge in [-0.1, -0.05) is 42.5 Å². The highest BCUT2D eigenvalue weighted by molar-refractivity contribution is 5.97. The van der Waals surface area contributed by atoms with Gasteiger partial charge in [-0.25, -0.2) is 4.39 Å². The fraction of sp³-hybridized carbons (Fsp3) is 0.167. The van der Waals surface area contributed by atoms with Crippen molar-refractivity contribution in [3.8, 4) is 0 Å². The molecule has 0 bridgehead atoms. The lowest BCUT2D eigenvalue weighted by molar-refractivity contribution is 0.0747. The molecule has 128 valence electrons. The summed E-state index contributed by atoms with van der Waals surface area (Å²) in [7, 11) is 0. The zero-order valence-electron chi connectivity index (χ0n) is 13.7. The van der Waals surface area contributed by atoms with Gasteiger partial charge in [0.15, 0.2) is 11.5 Å². The molecule has 0 radical (unpaired) electrons. The summed E-state index contributed by atoms with van der Waals surface area (Å²) in [5.41, 5.74) is 1.38. The number of hydrogen-bond donors (Lipinski definition) is 2. The number of amides is 1. The predicted molar refractivity (Wildman–Crippen MR) is 92.9 cm³/mol. The van der Waals surface area contributed by atoms with Crippen molar-refractivity contribution in [2.24, 2.45) is 0 Å². The summed E-state index contributed by atoms with van der Waals surface area (Å²) in [6.45, 7) is 2.87. The molecule has 25 heavy (non-hydrogen) atoms. The number of nitrogens with one attached hydrogen (secondary N) is 2. The number of carbonyl (C=O) groups is 1. The van der Waals surface area contributed by atoms with Gasteiger partial charge < -0.3 is 10.2 Å². The second-order valence-electron chi connectivity index (χ2n) is 5.43. The third-order valence-corrected chi connectivity index (χ3v) is 3.76. The molecule has 3 aromatic rings. The van der Waals surface area contributed by atoms with E-state index >= 15 is 0 Å². The van der Waals surface area contributed by atoms with Crippen LogP contribution in [0.5, 0.6) is 0 Å². The minimum Gasteiger partial charge on any atom is -0.334 e. The SMILES string of the molecule is CCN(Cc1ccccc1)C(=O)c1n[nH]nc1Nc1ccccc1F. The quantitative estimate of drug-likeness (QED) is 0.722. The van der Waals surface area contributed by atoms with Crippen molar-refractivity contribution in [1.29, 1.82) is 0 Å². The van der Waals surface area contributed by atoms with Crippen molar-refractivity contribution in [2.45, 2.75) is 13.5 Å². The molecule has 0 unspecified atom stereocenters. The van der Waals surface area contributed by atoms with Crippen LogP contribution in [0.25, 0.3) is 0 Å². The number of carbonyl (C=O) groups excluding carboxylic acids is 1. The van der Waals surface area contributed by atoms with Crippen LogP contribution in [-0.2, 0) is 6.54 Å². The first-order valence-electron chi connectivity index (χ1n) is 7.94. The van der Waals surface area contributed by atoms with E-state index in [0.717, 1.165) is 5.56 Å². The van der Waals surface area contributed by atoms with Crippen LogP contribution in [0.15, 0.2) is 54.6 Å². The van der Waals surface area contributed by atoms with Crippen LogP contribution in [-0.4, -0.2) is 32.8 Å². The maximum Gasteiger partial charge on any atom is 0.278 e. The third kappa shape index (κ3) is 3.82. The molecule has 7 heteroatoms.